The standard InChI is InChI=1S/C23H25N3O4S/c1-16-13-21(31(24,28)29)14-22(17(16)2)25-23(27)15-26(3)18-9-11-20(12-10-18)30-19-7-5-4-6-8-19/h4-14H,15H2,1-3H3,(H,25,27)(H2,24,28,29). The first kappa shape index (κ1) is 22.3. The van der Waals surface area contributed by atoms with Crippen LogP contribution in [0.1, 0.15) is 11.1 Å². The van der Waals surface area contributed by atoms with E-state index in [2.05, 4.69) is 5.32 Å². The van der Waals surface area contributed by atoms with Crippen LogP contribution < -0.4 is 20.1 Å². The average Bonchev–Trinajstić information content (AvgIpc) is 2.71. The number of amides is 1. The smallest absolute Gasteiger partial charge is 0.243 e. The van der Waals surface area contributed by atoms with Crippen LogP contribution in [0.5, 0.6) is 11.5 Å². The molecule has 31 heavy (non-hydrogen) atoms. The summed E-state index contributed by atoms with van der Waals surface area (Å²) in [6.45, 7) is 3.66. The lowest BCUT2D eigenvalue weighted by Crippen LogP contribution is -2.30. The number of ether oxygens (including phenoxy) is 1. The number of primary sulfonamides is 1. The quantitative estimate of drug-likeness (QED) is 0.583. The summed E-state index contributed by atoms with van der Waals surface area (Å²) in [7, 11) is -2.07. The first-order chi connectivity index (χ1) is 14.6. The molecule has 0 radical (unpaired) electrons. The van der Waals surface area contributed by atoms with E-state index in [1.54, 1.807) is 18.9 Å². The number of benzene rings is 3. The van der Waals surface area contributed by atoms with Gasteiger partial charge in [-0.2, -0.15) is 0 Å². The van der Waals surface area contributed by atoms with Gasteiger partial charge in [-0.15, -0.1) is 0 Å². The van der Waals surface area contributed by atoms with Crippen molar-refractivity contribution in [1.82, 2.24) is 0 Å². The second-order valence-corrected chi connectivity index (χ2v) is 8.83. The van der Waals surface area contributed by atoms with Gasteiger partial charge in [-0.1, -0.05) is 18.2 Å². The molecular weight excluding hydrogens is 414 g/mol. The number of likely N-dealkylation sites (N-methyl/N-ethyl adjacent to an activating group) is 1. The Morgan fingerprint density at radius 2 is 1.61 bits per heavy atom. The molecule has 162 valence electrons. The van der Waals surface area contributed by atoms with Crippen LogP contribution in [-0.2, 0) is 14.8 Å². The van der Waals surface area contributed by atoms with Crippen molar-refractivity contribution in [3.05, 3.63) is 77.9 Å². The summed E-state index contributed by atoms with van der Waals surface area (Å²) in [6, 6.07) is 19.7. The minimum absolute atomic E-state index is 0.0340. The summed E-state index contributed by atoms with van der Waals surface area (Å²) in [4.78, 5) is 14.3. The van der Waals surface area contributed by atoms with Gasteiger partial charge in [0.05, 0.1) is 11.4 Å². The summed E-state index contributed by atoms with van der Waals surface area (Å²) in [6.07, 6.45) is 0. The fourth-order valence-corrected chi connectivity index (χ4v) is 3.63. The zero-order valence-corrected chi connectivity index (χ0v) is 18.4. The van der Waals surface area contributed by atoms with Gasteiger partial charge in [-0.05, 0) is 73.5 Å². The van der Waals surface area contributed by atoms with E-state index in [0.29, 0.717) is 11.4 Å². The number of aryl methyl sites for hydroxylation is 1. The molecule has 0 bridgehead atoms. The molecule has 0 aromatic heterocycles. The maximum atomic E-state index is 12.6. The summed E-state index contributed by atoms with van der Waals surface area (Å²) < 4.78 is 29.2. The summed E-state index contributed by atoms with van der Waals surface area (Å²) in [5.74, 6) is 1.16. The predicted octanol–water partition coefficient (Wildman–Crippen LogP) is 3.82. The van der Waals surface area contributed by atoms with E-state index >= 15 is 0 Å². The highest BCUT2D eigenvalue weighted by Gasteiger charge is 2.15. The van der Waals surface area contributed by atoms with Crippen molar-refractivity contribution in [2.45, 2.75) is 18.7 Å². The lowest BCUT2D eigenvalue weighted by molar-refractivity contribution is -0.114. The van der Waals surface area contributed by atoms with E-state index in [0.717, 1.165) is 22.6 Å². The van der Waals surface area contributed by atoms with Gasteiger partial charge in [0.15, 0.2) is 0 Å². The number of para-hydroxylation sites is 1. The topological polar surface area (TPSA) is 102 Å². The average molecular weight is 440 g/mol. The molecule has 0 aliphatic rings. The maximum Gasteiger partial charge on any atom is 0.243 e. The molecule has 0 unspecified atom stereocenters. The minimum atomic E-state index is -3.87. The molecule has 0 heterocycles. The van der Waals surface area contributed by atoms with Crippen molar-refractivity contribution in [3.8, 4) is 11.5 Å². The molecule has 3 N–H and O–H groups in total. The van der Waals surface area contributed by atoms with Gasteiger partial charge in [-0.3, -0.25) is 4.79 Å². The molecule has 7 nitrogen and oxygen atoms in total. The Morgan fingerprint density at radius 1 is 1.00 bits per heavy atom. The summed E-state index contributed by atoms with van der Waals surface area (Å²) in [5.41, 5.74) is 2.77. The van der Waals surface area contributed by atoms with Gasteiger partial charge in [0.25, 0.3) is 0 Å². The van der Waals surface area contributed by atoms with Crippen LogP contribution in [0, 0.1) is 13.8 Å². The van der Waals surface area contributed by atoms with E-state index in [4.69, 9.17) is 9.88 Å². The number of sulfonamides is 1. The molecule has 0 spiro atoms. The van der Waals surface area contributed by atoms with Crippen molar-refractivity contribution in [1.29, 1.82) is 0 Å². The molecule has 0 aliphatic heterocycles. The van der Waals surface area contributed by atoms with Crippen LogP contribution in [-0.4, -0.2) is 27.9 Å². The number of hydrogen-bond acceptors (Lipinski definition) is 5. The van der Waals surface area contributed by atoms with Gasteiger partial charge in [-0.25, -0.2) is 13.6 Å². The zero-order valence-electron chi connectivity index (χ0n) is 17.6. The number of anilines is 2. The third kappa shape index (κ3) is 5.84. The molecule has 3 aromatic rings. The SMILES string of the molecule is Cc1cc(S(N)(=O)=O)cc(NC(=O)CN(C)c2ccc(Oc3ccccc3)cc2)c1C. The van der Waals surface area contributed by atoms with Crippen molar-refractivity contribution >= 4 is 27.3 Å². The van der Waals surface area contributed by atoms with Gasteiger partial charge >= 0.3 is 0 Å². The molecule has 0 aliphatic carbocycles. The van der Waals surface area contributed by atoms with E-state index in [1.807, 2.05) is 61.5 Å². The highest BCUT2D eigenvalue weighted by atomic mass is 32.2. The number of nitrogens with zero attached hydrogens (tertiary/aromatic N) is 1. The van der Waals surface area contributed by atoms with Crippen LogP contribution >= 0.6 is 0 Å². The minimum Gasteiger partial charge on any atom is -0.457 e. The maximum absolute atomic E-state index is 12.6. The second-order valence-electron chi connectivity index (χ2n) is 7.27. The van der Waals surface area contributed by atoms with Crippen LogP contribution in [0.25, 0.3) is 0 Å². The fraction of sp³-hybridized carbons (Fsp3) is 0.174. The Hall–Kier alpha value is -3.36. The first-order valence-electron chi connectivity index (χ1n) is 9.61. The van der Waals surface area contributed by atoms with Gasteiger partial charge in [0.2, 0.25) is 15.9 Å². The van der Waals surface area contributed by atoms with E-state index in [1.165, 1.54) is 12.1 Å². The van der Waals surface area contributed by atoms with Crippen molar-refractivity contribution in [2.24, 2.45) is 5.14 Å². The molecule has 0 atom stereocenters. The number of carbonyl (C=O) groups excluding carboxylic acids is 1. The summed E-state index contributed by atoms with van der Waals surface area (Å²) in [5, 5.41) is 8.02. The number of hydrogen-bond donors (Lipinski definition) is 2. The third-order valence-electron chi connectivity index (χ3n) is 4.88. The predicted molar refractivity (Wildman–Crippen MR) is 122 cm³/mol. The molecule has 3 aromatic carbocycles. The van der Waals surface area contributed by atoms with Crippen molar-refractivity contribution < 1.29 is 17.9 Å². The van der Waals surface area contributed by atoms with E-state index < -0.39 is 10.0 Å². The van der Waals surface area contributed by atoms with Gasteiger partial charge in [0, 0.05) is 18.4 Å². The van der Waals surface area contributed by atoms with E-state index in [-0.39, 0.29) is 17.3 Å². The van der Waals surface area contributed by atoms with Crippen molar-refractivity contribution in [3.63, 3.8) is 0 Å². The van der Waals surface area contributed by atoms with E-state index in [9.17, 15) is 13.2 Å². The highest BCUT2D eigenvalue weighted by Crippen LogP contribution is 2.25. The molecule has 1 amide bonds. The van der Waals surface area contributed by atoms with Crippen LogP contribution in [0.4, 0.5) is 11.4 Å². The normalized spacial score (nSPS) is 11.1. The lowest BCUT2D eigenvalue weighted by Gasteiger charge is -2.20. The molecule has 0 fully saturated rings. The number of rotatable bonds is 7. The zero-order chi connectivity index (χ0) is 22.6. The Labute approximate surface area is 182 Å². The van der Waals surface area contributed by atoms with Crippen LogP contribution in [0.3, 0.4) is 0 Å². The monoisotopic (exact) mass is 439 g/mol. The van der Waals surface area contributed by atoms with Crippen LogP contribution in [0.15, 0.2) is 71.6 Å². The molecule has 0 saturated carbocycles. The molecule has 0 saturated heterocycles. The number of carbonyl (C=O) groups is 1. The van der Waals surface area contributed by atoms with Gasteiger partial charge < -0.3 is 15.0 Å². The number of nitrogens with one attached hydrogen (secondary N) is 1. The largest absolute Gasteiger partial charge is 0.457 e. The van der Waals surface area contributed by atoms with Gasteiger partial charge in [0.1, 0.15) is 11.5 Å². The number of nitrogens with two attached hydrogens (primary N) is 1. The summed E-state index contributed by atoms with van der Waals surface area (Å²) >= 11 is 0. The van der Waals surface area contributed by atoms with Crippen molar-refractivity contribution in [2.75, 3.05) is 23.8 Å². The second kappa shape index (κ2) is 9.20. The Kier molecular flexibility index (Phi) is 6.62. The first-order valence-corrected chi connectivity index (χ1v) is 11.2. The Bertz CT molecular complexity index is 1180. The Morgan fingerprint density at radius 3 is 2.23 bits per heavy atom. The molecule has 8 heteroatoms. The Balaban J connectivity index is 1.66. The van der Waals surface area contributed by atoms with Crippen LogP contribution in [0.2, 0.25) is 0 Å². The lowest BCUT2D eigenvalue weighted by atomic mass is 10.1. The highest BCUT2D eigenvalue weighted by molar-refractivity contribution is 7.89. The molecular formula is C23H25N3O4S. The fourth-order valence-electron chi connectivity index (χ4n) is 3.01. The third-order valence-corrected chi connectivity index (χ3v) is 5.77. The molecule has 3 rings (SSSR count).